The Bertz CT molecular complexity index is 232. The number of hydrogen-bond acceptors (Lipinski definition) is 2. The van der Waals surface area contributed by atoms with E-state index in [1.54, 1.807) is 7.11 Å². The van der Waals surface area contributed by atoms with Gasteiger partial charge in [-0.25, -0.2) is 0 Å². The second-order valence-electron chi connectivity index (χ2n) is 4.14. The van der Waals surface area contributed by atoms with E-state index in [1.165, 1.54) is 5.57 Å². The Hall–Kier alpha value is -0.500. The molecule has 0 saturated heterocycles. The van der Waals surface area contributed by atoms with Crippen molar-refractivity contribution >= 4 is 0 Å². The largest absolute Gasteiger partial charge is 0.467 e. The van der Waals surface area contributed by atoms with Crippen LogP contribution in [0.1, 0.15) is 34.6 Å². The van der Waals surface area contributed by atoms with E-state index in [1.807, 2.05) is 13.8 Å². The Morgan fingerprint density at radius 2 is 1.85 bits per heavy atom. The molecule has 1 rings (SSSR count). The molecule has 0 saturated carbocycles. The monoisotopic (exact) mass is 184 g/mol. The molecule has 0 radical (unpaired) electrons. The van der Waals surface area contributed by atoms with Gasteiger partial charge in [0.15, 0.2) is 0 Å². The molecule has 0 aromatic rings. The highest BCUT2D eigenvalue weighted by Crippen LogP contribution is 2.40. The highest BCUT2D eigenvalue weighted by molar-refractivity contribution is 5.13. The predicted octanol–water partition coefficient (Wildman–Crippen LogP) is 2.95. The van der Waals surface area contributed by atoms with Gasteiger partial charge in [-0.05, 0) is 25.3 Å². The third kappa shape index (κ3) is 1.60. The molecular formula is C11H20O2. The fourth-order valence-electron chi connectivity index (χ4n) is 1.85. The minimum absolute atomic E-state index is 0.390. The van der Waals surface area contributed by atoms with Crippen LogP contribution in [0.2, 0.25) is 0 Å². The number of allylic oxidation sites excluding steroid dienone is 2. The lowest BCUT2D eigenvalue weighted by molar-refractivity contribution is -0.233. The maximum absolute atomic E-state index is 5.78. The minimum atomic E-state index is -0.455. The quantitative estimate of drug-likeness (QED) is 0.623. The summed E-state index contributed by atoms with van der Waals surface area (Å²) in [6, 6.07) is 0. The van der Waals surface area contributed by atoms with Crippen molar-refractivity contribution in [1.82, 2.24) is 0 Å². The van der Waals surface area contributed by atoms with Crippen molar-refractivity contribution < 1.29 is 9.47 Å². The van der Waals surface area contributed by atoms with Crippen LogP contribution in [-0.4, -0.2) is 12.9 Å². The van der Waals surface area contributed by atoms with Gasteiger partial charge in [0.1, 0.15) is 0 Å². The maximum Gasteiger partial charge on any atom is 0.210 e. The Morgan fingerprint density at radius 1 is 1.31 bits per heavy atom. The second kappa shape index (κ2) is 3.33. The number of methoxy groups -OCH3 is 1. The Morgan fingerprint density at radius 3 is 2.31 bits per heavy atom. The molecule has 2 nitrogen and oxygen atoms in total. The molecule has 2 heteroatoms. The van der Waals surface area contributed by atoms with E-state index in [2.05, 4.69) is 20.8 Å². The van der Waals surface area contributed by atoms with E-state index in [0.717, 1.165) is 5.76 Å². The molecule has 0 aliphatic carbocycles. The van der Waals surface area contributed by atoms with Gasteiger partial charge in [0.05, 0.1) is 5.76 Å². The molecule has 1 heterocycles. The molecule has 76 valence electrons. The van der Waals surface area contributed by atoms with Gasteiger partial charge in [-0.2, -0.15) is 0 Å². The fraction of sp³-hybridized carbons (Fsp3) is 0.818. The summed E-state index contributed by atoms with van der Waals surface area (Å²) in [5, 5.41) is 0. The van der Waals surface area contributed by atoms with E-state index >= 15 is 0 Å². The number of ether oxygens (including phenoxy) is 2. The molecular weight excluding hydrogens is 164 g/mol. The zero-order chi connectivity index (χ0) is 10.2. The molecule has 3 atom stereocenters. The fourth-order valence-corrected chi connectivity index (χ4v) is 1.85. The minimum Gasteiger partial charge on any atom is -0.467 e. The molecule has 13 heavy (non-hydrogen) atoms. The molecule has 0 spiro atoms. The van der Waals surface area contributed by atoms with Crippen LogP contribution in [-0.2, 0) is 9.47 Å². The molecule has 0 bridgehead atoms. The van der Waals surface area contributed by atoms with Crippen LogP contribution >= 0.6 is 0 Å². The van der Waals surface area contributed by atoms with Crippen molar-refractivity contribution in [2.45, 2.75) is 40.4 Å². The van der Waals surface area contributed by atoms with Crippen LogP contribution in [0.3, 0.4) is 0 Å². The maximum atomic E-state index is 5.78. The molecule has 3 unspecified atom stereocenters. The van der Waals surface area contributed by atoms with Crippen LogP contribution in [0.15, 0.2) is 11.3 Å². The first kappa shape index (κ1) is 10.6. The molecule has 1 aliphatic rings. The first-order valence-corrected chi connectivity index (χ1v) is 4.84. The average Bonchev–Trinajstić information content (AvgIpc) is 2.12. The van der Waals surface area contributed by atoms with Crippen LogP contribution in [0, 0.1) is 11.8 Å². The predicted molar refractivity (Wildman–Crippen MR) is 53.2 cm³/mol. The van der Waals surface area contributed by atoms with E-state index in [0.29, 0.717) is 11.8 Å². The Kier molecular flexibility index (Phi) is 2.71. The normalized spacial score (nSPS) is 40.5. The zero-order valence-electron chi connectivity index (χ0n) is 9.47. The SMILES string of the molecule is COC1(C)OC(C)=C(C)C(C)C1C. The molecule has 0 fully saturated rings. The van der Waals surface area contributed by atoms with Crippen LogP contribution < -0.4 is 0 Å². The second-order valence-corrected chi connectivity index (χ2v) is 4.14. The molecule has 0 amide bonds. The third-order valence-corrected chi connectivity index (χ3v) is 3.58. The van der Waals surface area contributed by atoms with Crippen molar-refractivity contribution in [2.24, 2.45) is 11.8 Å². The average molecular weight is 184 g/mol. The molecule has 1 aliphatic heterocycles. The van der Waals surface area contributed by atoms with Gasteiger partial charge in [0, 0.05) is 20.0 Å². The topological polar surface area (TPSA) is 18.5 Å². The van der Waals surface area contributed by atoms with Gasteiger partial charge in [-0.1, -0.05) is 13.8 Å². The van der Waals surface area contributed by atoms with E-state index < -0.39 is 5.79 Å². The highest BCUT2D eigenvalue weighted by Gasteiger charge is 2.41. The summed E-state index contributed by atoms with van der Waals surface area (Å²) in [5.74, 6) is 1.47. The van der Waals surface area contributed by atoms with E-state index in [9.17, 15) is 0 Å². The van der Waals surface area contributed by atoms with Crippen molar-refractivity contribution in [3.05, 3.63) is 11.3 Å². The standard InChI is InChI=1S/C11H20O2/c1-7-8(2)10(4)13-11(5,12-6)9(7)3/h7,9H,1-6H3. The van der Waals surface area contributed by atoms with Crippen LogP contribution in [0.5, 0.6) is 0 Å². The van der Waals surface area contributed by atoms with Gasteiger partial charge in [0.25, 0.3) is 0 Å². The molecule has 0 aromatic carbocycles. The summed E-state index contributed by atoms with van der Waals surface area (Å²) in [6.45, 7) is 10.5. The summed E-state index contributed by atoms with van der Waals surface area (Å²) in [6.07, 6.45) is 0. The van der Waals surface area contributed by atoms with Gasteiger partial charge in [-0.3, -0.25) is 0 Å². The summed E-state index contributed by atoms with van der Waals surface area (Å²) >= 11 is 0. The lowest BCUT2D eigenvalue weighted by atomic mass is 9.81. The lowest BCUT2D eigenvalue weighted by Crippen LogP contribution is -2.44. The van der Waals surface area contributed by atoms with Crippen LogP contribution in [0.25, 0.3) is 0 Å². The lowest BCUT2D eigenvalue weighted by Gasteiger charge is -2.43. The van der Waals surface area contributed by atoms with Crippen molar-refractivity contribution in [3.8, 4) is 0 Å². The summed E-state index contributed by atoms with van der Waals surface area (Å²) < 4.78 is 11.2. The van der Waals surface area contributed by atoms with Gasteiger partial charge in [-0.15, -0.1) is 0 Å². The highest BCUT2D eigenvalue weighted by atomic mass is 16.7. The summed E-state index contributed by atoms with van der Waals surface area (Å²) in [4.78, 5) is 0. The van der Waals surface area contributed by atoms with Crippen molar-refractivity contribution in [1.29, 1.82) is 0 Å². The third-order valence-electron chi connectivity index (χ3n) is 3.58. The van der Waals surface area contributed by atoms with Crippen LogP contribution in [0.4, 0.5) is 0 Å². The van der Waals surface area contributed by atoms with Gasteiger partial charge < -0.3 is 9.47 Å². The number of hydrogen-bond donors (Lipinski definition) is 0. The summed E-state index contributed by atoms with van der Waals surface area (Å²) in [7, 11) is 1.71. The van der Waals surface area contributed by atoms with E-state index in [-0.39, 0.29) is 0 Å². The Balaban J connectivity index is 3.00. The molecule has 0 aromatic heterocycles. The van der Waals surface area contributed by atoms with Crippen molar-refractivity contribution in [3.63, 3.8) is 0 Å². The van der Waals surface area contributed by atoms with Gasteiger partial charge in [0.2, 0.25) is 5.79 Å². The zero-order valence-corrected chi connectivity index (χ0v) is 9.47. The van der Waals surface area contributed by atoms with Crippen molar-refractivity contribution in [2.75, 3.05) is 7.11 Å². The smallest absolute Gasteiger partial charge is 0.210 e. The molecule has 0 N–H and O–H groups in total. The van der Waals surface area contributed by atoms with E-state index in [4.69, 9.17) is 9.47 Å². The Labute approximate surface area is 80.9 Å². The first-order chi connectivity index (χ1) is 5.92. The number of rotatable bonds is 1. The van der Waals surface area contributed by atoms with Gasteiger partial charge >= 0.3 is 0 Å². The summed E-state index contributed by atoms with van der Waals surface area (Å²) in [5.41, 5.74) is 1.34. The first-order valence-electron chi connectivity index (χ1n) is 4.84.